The lowest BCUT2D eigenvalue weighted by Crippen LogP contribution is -2.14. The van der Waals surface area contributed by atoms with Crippen LogP contribution >= 0.6 is 28.6 Å². The molecule has 0 aliphatic heterocycles. The Morgan fingerprint density at radius 3 is 2.63 bits per heavy atom. The maximum absolute atomic E-state index is 13.4. The molecule has 98 valence electrons. The number of nitrogens with one attached hydrogen (secondary N) is 1. The number of anilines is 1. The van der Waals surface area contributed by atoms with Crippen LogP contribution in [0.3, 0.4) is 0 Å². The van der Waals surface area contributed by atoms with E-state index in [1.807, 2.05) is 0 Å². The molecule has 0 unspecified atom stereocenters. The summed E-state index contributed by atoms with van der Waals surface area (Å²) in [5, 5.41) is 2.31. The summed E-state index contributed by atoms with van der Waals surface area (Å²) in [7, 11) is 0. The molecule has 0 aliphatic rings. The highest BCUT2D eigenvalue weighted by molar-refractivity contribution is 9.10. The summed E-state index contributed by atoms with van der Waals surface area (Å²) < 4.78 is 27.2. The quantitative estimate of drug-likeness (QED) is 0.783. The van der Waals surface area contributed by atoms with E-state index in [9.17, 15) is 13.6 Å². The molecule has 0 atom stereocenters. The number of amides is 1. The lowest BCUT2D eigenvalue weighted by atomic mass is 10.2. The van der Waals surface area contributed by atoms with Gasteiger partial charge in [0.15, 0.2) is 11.6 Å². The first-order valence-corrected chi connectivity index (χ1v) is 6.47. The van der Waals surface area contributed by atoms with Crippen molar-refractivity contribution in [1.82, 2.24) is 0 Å². The van der Waals surface area contributed by atoms with Crippen LogP contribution in [0.15, 0.2) is 45.8 Å². The van der Waals surface area contributed by atoms with Crippen molar-refractivity contribution in [3.8, 4) is 0 Å². The van der Waals surface area contributed by atoms with Gasteiger partial charge in [-0.15, -0.1) is 12.6 Å². The van der Waals surface area contributed by atoms with Crippen LogP contribution < -0.4 is 5.32 Å². The SMILES string of the molecule is O=C(Nc1cccc(F)c1F)c1ccc(Br)cc1S. The molecule has 0 saturated carbocycles. The van der Waals surface area contributed by atoms with E-state index in [4.69, 9.17) is 0 Å². The lowest BCUT2D eigenvalue weighted by Gasteiger charge is -2.08. The first kappa shape index (κ1) is 14.0. The fourth-order valence-electron chi connectivity index (χ4n) is 1.49. The molecule has 0 heterocycles. The maximum atomic E-state index is 13.4. The number of rotatable bonds is 2. The summed E-state index contributed by atoms with van der Waals surface area (Å²) >= 11 is 7.40. The molecule has 2 aromatic rings. The number of hydrogen-bond donors (Lipinski definition) is 2. The Labute approximate surface area is 122 Å². The molecule has 1 N–H and O–H groups in total. The van der Waals surface area contributed by atoms with Gasteiger partial charge in [-0.05, 0) is 30.3 Å². The molecule has 0 fully saturated rings. The van der Waals surface area contributed by atoms with E-state index in [0.29, 0.717) is 4.90 Å². The van der Waals surface area contributed by atoms with Crippen LogP contribution in [0.5, 0.6) is 0 Å². The van der Waals surface area contributed by atoms with E-state index in [0.717, 1.165) is 10.5 Å². The molecule has 0 spiro atoms. The van der Waals surface area contributed by atoms with Crippen molar-refractivity contribution in [3.63, 3.8) is 0 Å². The summed E-state index contributed by atoms with van der Waals surface area (Å²) in [5.74, 6) is -2.66. The van der Waals surface area contributed by atoms with Gasteiger partial charge in [0, 0.05) is 9.37 Å². The molecule has 0 bridgehead atoms. The second-order valence-electron chi connectivity index (χ2n) is 3.72. The monoisotopic (exact) mass is 343 g/mol. The number of benzene rings is 2. The van der Waals surface area contributed by atoms with E-state index in [1.54, 1.807) is 18.2 Å². The van der Waals surface area contributed by atoms with E-state index in [-0.39, 0.29) is 11.3 Å². The molecule has 6 heteroatoms. The van der Waals surface area contributed by atoms with Gasteiger partial charge < -0.3 is 5.32 Å². The molecule has 2 aromatic carbocycles. The van der Waals surface area contributed by atoms with Gasteiger partial charge in [0.2, 0.25) is 0 Å². The average Bonchev–Trinajstić information content (AvgIpc) is 2.34. The zero-order valence-electron chi connectivity index (χ0n) is 9.45. The van der Waals surface area contributed by atoms with E-state index in [2.05, 4.69) is 33.9 Å². The van der Waals surface area contributed by atoms with Crippen molar-refractivity contribution in [2.24, 2.45) is 0 Å². The normalized spacial score (nSPS) is 10.3. The molecule has 1 amide bonds. The predicted octanol–water partition coefficient (Wildman–Crippen LogP) is 4.27. The molecule has 2 nitrogen and oxygen atoms in total. The predicted molar refractivity (Wildman–Crippen MR) is 75.7 cm³/mol. The Morgan fingerprint density at radius 2 is 1.95 bits per heavy atom. The Balaban J connectivity index is 2.28. The molecule has 0 saturated heterocycles. The average molecular weight is 344 g/mol. The highest BCUT2D eigenvalue weighted by Crippen LogP contribution is 2.22. The summed E-state index contributed by atoms with van der Waals surface area (Å²) in [4.78, 5) is 12.4. The number of thiol groups is 1. The smallest absolute Gasteiger partial charge is 0.256 e. The number of carbonyl (C=O) groups is 1. The molecule has 0 radical (unpaired) electrons. The molecule has 0 aliphatic carbocycles. The van der Waals surface area contributed by atoms with Crippen molar-refractivity contribution < 1.29 is 13.6 Å². The highest BCUT2D eigenvalue weighted by Gasteiger charge is 2.14. The summed E-state index contributed by atoms with van der Waals surface area (Å²) in [6.45, 7) is 0. The summed E-state index contributed by atoms with van der Waals surface area (Å²) in [6, 6.07) is 8.43. The third-order valence-corrected chi connectivity index (χ3v) is 3.27. The molecular weight excluding hydrogens is 336 g/mol. The standard InChI is InChI=1S/C13H8BrF2NOS/c14-7-4-5-8(11(19)6-7)13(18)17-10-3-1-2-9(15)12(10)16/h1-6,19H,(H,17,18). The van der Waals surface area contributed by atoms with Gasteiger partial charge in [-0.3, -0.25) is 4.79 Å². The van der Waals surface area contributed by atoms with Crippen molar-refractivity contribution in [2.75, 3.05) is 5.32 Å². The molecule has 0 aromatic heterocycles. The molecular formula is C13H8BrF2NOS. The minimum atomic E-state index is -1.09. The third kappa shape index (κ3) is 3.13. The van der Waals surface area contributed by atoms with Gasteiger partial charge in [0.05, 0.1) is 11.3 Å². The largest absolute Gasteiger partial charge is 0.319 e. The first-order valence-electron chi connectivity index (χ1n) is 5.23. The Hall–Kier alpha value is -1.40. The van der Waals surface area contributed by atoms with Crippen LogP contribution in [0.25, 0.3) is 0 Å². The molecule has 19 heavy (non-hydrogen) atoms. The van der Waals surface area contributed by atoms with Gasteiger partial charge >= 0.3 is 0 Å². The second kappa shape index (κ2) is 5.71. The van der Waals surface area contributed by atoms with Crippen LogP contribution in [0.2, 0.25) is 0 Å². The van der Waals surface area contributed by atoms with E-state index in [1.165, 1.54) is 12.1 Å². The lowest BCUT2D eigenvalue weighted by molar-refractivity contribution is 0.102. The van der Waals surface area contributed by atoms with Crippen molar-refractivity contribution in [3.05, 3.63) is 58.1 Å². The highest BCUT2D eigenvalue weighted by atomic mass is 79.9. The second-order valence-corrected chi connectivity index (χ2v) is 5.11. The van der Waals surface area contributed by atoms with Crippen molar-refractivity contribution in [2.45, 2.75) is 4.90 Å². The fraction of sp³-hybridized carbons (Fsp3) is 0. The first-order chi connectivity index (χ1) is 8.99. The number of carbonyl (C=O) groups excluding carboxylic acids is 1. The van der Waals surface area contributed by atoms with E-state index >= 15 is 0 Å². The fourth-order valence-corrected chi connectivity index (χ4v) is 2.34. The zero-order valence-corrected chi connectivity index (χ0v) is 11.9. The minimum absolute atomic E-state index is 0.208. The zero-order chi connectivity index (χ0) is 14.0. The van der Waals surface area contributed by atoms with Crippen LogP contribution in [0, 0.1) is 11.6 Å². The Bertz CT molecular complexity index is 649. The van der Waals surface area contributed by atoms with Crippen LogP contribution in [0.4, 0.5) is 14.5 Å². The van der Waals surface area contributed by atoms with Gasteiger partial charge in [0.1, 0.15) is 0 Å². The van der Waals surface area contributed by atoms with Crippen LogP contribution in [-0.4, -0.2) is 5.91 Å². The number of halogens is 3. The van der Waals surface area contributed by atoms with Crippen LogP contribution in [0.1, 0.15) is 10.4 Å². The topological polar surface area (TPSA) is 29.1 Å². The van der Waals surface area contributed by atoms with Crippen molar-refractivity contribution in [1.29, 1.82) is 0 Å². The van der Waals surface area contributed by atoms with Crippen LogP contribution in [-0.2, 0) is 0 Å². The summed E-state index contributed by atoms with van der Waals surface area (Å²) in [5.41, 5.74) is 0.0656. The Kier molecular flexibility index (Phi) is 4.21. The van der Waals surface area contributed by atoms with E-state index < -0.39 is 17.5 Å². The minimum Gasteiger partial charge on any atom is -0.319 e. The molecule has 2 rings (SSSR count). The van der Waals surface area contributed by atoms with Gasteiger partial charge in [0.25, 0.3) is 5.91 Å². The van der Waals surface area contributed by atoms with Crippen molar-refractivity contribution >= 4 is 40.2 Å². The summed E-state index contributed by atoms with van der Waals surface area (Å²) in [6.07, 6.45) is 0. The van der Waals surface area contributed by atoms with Gasteiger partial charge in [-0.25, -0.2) is 8.78 Å². The number of hydrogen-bond acceptors (Lipinski definition) is 2. The Morgan fingerprint density at radius 1 is 1.21 bits per heavy atom. The van der Waals surface area contributed by atoms with Gasteiger partial charge in [-0.2, -0.15) is 0 Å². The maximum Gasteiger partial charge on any atom is 0.256 e. The third-order valence-electron chi connectivity index (χ3n) is 2.40. The van der Waals surface area contributed by atoms with Gasteiger partial charge in [-0.1, -0.05) is 22.0 Å².